The zero-order valence-electron chi connectivity index (χ0n) is 15.2. The highest BCUT2D eigenvalue weighted by atomic mass is 35.5. The zero-order chi connectivity index (χ0) is 21.0. The van der Waals surface area contributed by atoms with Gasteiger partial charge in [-0.3, -0.25) is 4.79 Å². The van der Waals surface area contributed by atoms with Gasteiger partial charge < -0.3 is 10.1 Å². The van der Waals surface area contributed by atoms with Crippen LogP contribution in [0.4, 0.5) is 14.5 Å². The van der Waals surface area contributed by atoms with E-state index in [9.17, 15) is 13.6 Å². The summed E-state index contributed by atoms with van der Waals surface area (Å²) in [6.45, 7) is -1.33. The molecule has 0 bridgehead atoms. The molecule has 3 rings (SSSR count). The third-order valence-corrected chi connectivity index (χ3v) is 4.38. The van der Waals surface area contributed by atoms with Crippen molar-refractivity contribution in [2.24, 2.45) is 0 Å². The molecule has 0 aliphatic carbocycles. The number of carbonyl (C=O) groups excluding carboxylic acids is 1. The highest BCUT2D eigenvalue weighted by Crippen LogP contribution is 2.27. The number of nitrogens with one attached hydrogen (secondary N) is 1. The minimum atomic E-state index is -3.00. The lowest BCUT2D eigenvalue weighted by Crippen LogP contribution is -2.13. The molecule has 1 heterocycles. The van der Waals surface area contributed by atoms with Gasteiger partial charge in [0.15, 0.2) is 0 Å². The van der Waals surface area contributed by atoms with Gasteiger partial charge in [0, 0.05) is 23.5 Å². The Morgan fingerprint density at radius 1 is 1.31 bits per heavy atom. The van der Waals surface area contributed by atoms with Crippen LogP contribution < -0.4 is 10.1 Å². The van der Waals surface area contributed by atoms with E-state index in [-0.39, 0.29) is 17.3 Å². The van der Waals surface area contributed by atoms with Gasteiger partial charge in [0.25, 0.3) is 5.91 Å². The van der Waals surface area contributed by atoms with Gasteiger partial charge in [0.2, 0.25) is 0 Å². The molecule has 0 aliphatic heterocycles. The summed E-state index contributed by atoms with van der Waals surface area (Å²) >= 11 is 5.73. The average Bonchev–Trinajstić information content (AvgIpc) is 3.09. The first kappa shape index (κ1) is 20.3. The number of rotatable bonds is 6. The van der Waals surface area contributed by atoms with E-state index in [0.717, 1.165) is 0 Å². The topological polar surface area (TPSA) is 79.9 Å². The minimum Gasteiger partial charge on any atom is -0.434 e. The second kappa shape index (κ2) is 8.71. The number of carbonyl (C=O) groups is 1. The Hall–Kier alpha value is -3.44. The van der Waals surface area contributed by atoms with E-state index >= 15 is 0 Å². The number of nitriles is 1. The van der Waals surface area contributed by atoms with Crippen molar-refractivity contribution in [2.75, 3.05) is 5.32 Å². The van der Waals surface area contributed by atoms with Crippen LogP contribution >= 0.6 is 11.6 Å². The number of ether oxygens (including phenoxy) is 1. The molecule has 0 spiro atoms. The van der Waals surface area contributed by atoms with Crippen molar-refractivity contribution in [3.8, 4) is 17.5 Å². The highest BCUT2D eigenvalue weighted by molar-refractivity contribution is 6.17. The number of anilines is 1. The number of aryl methyl sites for hydroxylation is 1. The third kappa shape index (κ3) is 4.70. The lowest BCUT2D eigenvalue weighted by Gasteiger charge is -2.11. The van der Waals surface area contributed by atoms with Crippen LogP contribution in [0.25, 0.3) is 5.69 Å². The molecule has 29 heavy (non-hydrogen) atoms. The number of nitrogens with zero attached hydrogens (tertiary/aromatic N) is 3. The largest absolute Gasteiger partial charge is 0.434 e. The van der Waals surface area contributed by atoms with Crippen LogP contribution in [-0.4, -0.2) is 22.3 Å². The van der Waals surface area contributed by atoms with Crippen LogP contribution in [0, 0.1) is 18.3 Å². The first-order valence-electron chi connectivity index (χ1n) is 8.43. The second-order valence-electron chi connectivity index (χ2n) is 6.02. The molecule has 0 atom stereocenters. The Morgan fingerprint density at radius 2 is 2.03 bits per heavy atom. The van der Waals surface area contributed by atoms with Crippen molar-refractivity contribution in [3.05, 3.63) is 71.0 Å². The molecule has 0 saturated carbocycles. The van der Waals surface area contributed by atoms with Crippen molar-refractivity contribution >= 4 is 23.2 Å². The second-order valence-corrected chi connectivity index (χ2v) is 6.29. The van der Waals surface area contributed by atoms with Gasteiger partial charge in [-0.15, -0.1) is 11.6 Å². The van der Waals surface area contributed by atoms with E-state index in [2.05, 4.69) is 15.2 Å². The Morgan fingerprint density at radius 3 is 2.66 bits per heavy atom. The van der Waals surface area contributed by atoms with Crippen molar-refractivity contribution in [1.82, 2.24) is 9.78 Å². The molecule has 3 aromatic rings. The zero-order valence-corrected chi connectivity index (χ0v) is 16.0. The highest BCUT2D eigenvalue weighted by Gasteiger charge is 2.16. The molecule has 2 aromatic carbocycles. The predicted octanol–water partition coefficient (Wildman–Crippen LogP) is 4.64. The number of amides is 1. The summed E-state index contributed by atoms with van der Waals surface area (Å²) in [5.74, 6) is -0.561. The molecule has 0 saturated heterocycles. The van der Waals surface area contributed by atoms with Crippen LogP contribution in [0.3, 0.4) is 0 Å². The van der Waals surface area contributed by atoms with Gasteiger partial charge in [0.05, 0.1) is 34.5 Å². The van der Waals surface area contributed by atoms with Crippen LogP contribution in [-0.2, 0) is 5.88 Å². The number of halogens is 3. The van der Waals surface area contributed by atoms with Crippen LogP contribution in [0.2, 0.25) is 0 Å². The van der Waals surface area contributed by atoms with E-state index < -0.39 is 12.5 Å². The lowest BCUT2D eigenvalue weighted by molar-refractivity contribution is -0.0502. The molecular formula is C20H15ClF2N4O2. The molecule has 0 fully saturated rings. The molecule has 0 aliphatic rings. The Labute approximate surface area is 170 Å². The van der Waals surface area contributed by atoms with Gasteiger partial charge in [-0.1, -0.05) is 6.07 Å². The number of hydrogen-bond donors (Lipinski definition) is 1. The van der Waals surface area contributed by atoms with Gasteiger partial charge in [-0.25, -0.2) is 4.68 Å². The Kier molecular flexibility index (Phi) is 6.10. The minimum absolute atomic E-state index is 0.00719. The molecule has 148 valence electrons. The third-order valence-electron chi connectivity index (χ3n) is 4.09. The van der Waals surface area contributed by atoms with Crippen molar-refractivity contribution in [1.29, 1.82) is 5.26 Å². The van der Waals surface area contributed by atoms with E-state index in [4.69, 9.17) is 16.9 Å². The van der Waals surface area contributed by atoms with Gasteiger partial charge in [0.1, 0.15) is 5.75 Å². The normalized spacial score (nSPS) is 10.6. The summed E-state index contributed by atoms with van der Waals surface area (Å²) in [7, 11) is 0. The van der Waals surface area contributed by atoms with E-state index in [0.29, 0.717) is 28.1 Å². The average molecular weight is 417 g/mol. The van der Waals surface area contributed by atoms with E-state index in [1.54, 1.807) is 43.5 Å². The number of alkyl halides is 3. The summed E-state index contributed by atoms with van der Waals surface area (Å²) in [4.78, 5) is 12.6. The fourth-order valence-corrected chi connectivity index (χ4v) is 2.87. The van der Waals surface area contributed by atoms with Crippen LogP contribution in [0.1, 0.15) is 27.2 Å². The van der Waals surface area contributed by atoms with Crippen LogP contribution in [0.15, 0.2) is 48.7 Å². The quantitative estimate of drug-likeness (QED) is 0.593. The smallest absolute Gasteiger partial charge is 0.387 e. The van der Waals surface area contributed by atoms with Gasteiger partial charge in [-0.2, -0.15) is 19.1 Å². The Balaban J connectivity index is 1.82. The van der Waals surface area contributed by atoms with E-state index in [1.165, 1.54) is 16.8 Å². The van der Waals surface area contributed by atoms with Crippen molar-refractivity contribution in [2.45, 2.75) is 19.4 Å². The summed E-state index contributed by atoms with van der Waals surface area (Å²) in [5.41, 5.74) is 2.66. The number of benzene rings is 2. The molecule has 1 N–H and O–H groups in total. The monoisotopic (exact) mass is 416 g/mol. The standard InChI is InChI=1S/C20H15ClF2N4O2/c1-12-17(11-27(26-12)16-6-2-13(10-24)3-7-16)19(28)25-15-5-4-14(9-21)18(8-15)29-20(22)23/h2-8,11,20H,9H2,1H3,(H,25,28). The molecule has 6 nitrogen and oxygen atoms in total. The summed E-state index contributed by atoms with van der Waals surface area (Å²) in [5, 5.41) is 15.8. The molecule has 1 aromatic heterocycles. The van der Waals surface area contributed by atoms with Gasteiger partial charge in [-0.05, 0) is 37.3 Å². The maximum Gasteiger partial charge on any atom is 0.387 e. The molecule has 0 unspecified atom stereocenters. The molecule has 9 heteroatoms. The van der Waals surface area contributed by atoms with Crippen molar-refractivity contribution in [3.63, 3.8) is 0 Å². The summed E-state index contributed by atoms with van der Waals surface area (Å²) in [6, 6.07) is 13.1. The van der Waals surface area contributed by atoms with Crippen molar-refractivity contribution < 1.29 is 18.3 Å². The maximum atomic E-state index is 12.6. The lowest BCUT2D eigenvalue weighted by atomic mass is 10.2. The fourth-order valence-electron chi connectivity index (χ4n) is 2.65. The van der Waals surface area contributed by atoms with Crippen LogP contribution in [0.5, 0.6) is 5.75 Å². The summed E-state index contributed by atoms with van der Waals surface area (Å²) < 4.78 is 31.1. The predicted molar refractivity (Wildman–Crippen MR) is 104 cm³/mol. The summed E-state index contributed by atoms with van der Waals surface area (Å²) in [6.07, 6.45) is 1.55. The number of hydrogen-bond acceptors (Lipinski definition) is 4. The molecular weight excluding hydrogens is 402 g/mol. The fraction of sp³-hybridized carbons (Fsp3) is 0.150. The molecule has 0 radical (unpaired) electrons. The maximum absolute atomic E-state index is 12.6. The van der Waals surface area contributed by atoms with E-state index in [1.807, 2.05) is 6.07 Å². The number of aromatic nitrogens is 2. The first-order chi connectivity index (χ1) is 13.9. The van der Waals surface area contributed by atoms with Gasteiger partial charge >= 0.3 is 6.61 Å². The first-order valence-corrected chi connectivity index (χ1v) is 8.96. The molecule has 1 amide bonds. The SMILES string of the molecule is Cc1nn(-c2ccc(C#N)cc2)cc1C(=O)Nc1ccc(CCl)c(OC(F)F)c1. The Bertz CT molecular complexity index is 1080.